The van der Waals surface area contributed by atoms with Crippen LogP contribution in [0.25, 0.3) is 10.9 Å². The number of hydrogen-bond donors (Lipinski definition) is 0. The van der Waals surface area contributed by atoms with Gasteiger partial charge in [0.15, 0.2) is 0 Å². The first-order valence-corrected chi connectivity index (χ1v) is 12.9. The van der Waals surface area contributed by atoms with Gasteiger partial charge in [-0.1, -0.05) is 75.5 Å². The summed E-state index contributed by atoms with van der Waals surface area (Å²) >= 11 is 6.74. The van der Waals surface area contributed by atoms with Crippen molar-refractivity contribution in [3.05, 3.63) is 107 Å². The molecule has 0 radical (unpaired) electrons. The highest BCUT2D eigenvalue weighted by Gasteiger charge is 2.21. The minimum absolute atomic E-state index is 0.0652. The Morgan fingerprint density at radius 1 is 1.11 bits per heavy atom. The Morgan fingerprint density at radius 3 is 2.61 bits per heavy atom. The minimum atomic E-state index is -0.504. The lowest BCUT2D eigenvalue weighted by Gasteiger charge is -2.12. The molecule has 1 aromatic heterocycles. The van der Waals surface area contributed by atoms with Crippen LogP contribution in [0.1, 0.15) is 36.7 Å². The Hall–Kier alpha value is -3.37. The SMILES string of the molecule is CCCCc1nc2ccc(Br)cc2c(=O)n1N=Cc1cc(Br)cc([N+](=O)[O-])c1OCc1ccccc1. The molecule has 0 bridgehead atoms. The first-order valence-electron chi connectivity index (χ1n) is 11.3. The lowest BCUT2D eigenvalue weighted by molar-refractivity contribution is -0.386. The first kappa shape index (κ1) is 25.7. The smallest absolute Gasteiger partial charge is 0.312 e. The summed E-state index contributed by atoms with van der Waals surface area (Å²) < 4.78 is 8.41. The molecule has 36 heavy (non-hydrogen) atoms. The summed E-state index contributed by atoms with van der Waals surface area (Å²) in [6, 6.07) is 17.7. The van der Waals surface area contributed by atoms with E-state index in [0.29, 0.717) is 33.2 Å². The zero-order valence-corrected chi connectivity index (χ0v) is 22.5. The van der Waals surface area contributed by atoms with Crippen LogP contribution in [0.2, 0.25) is 0 Å². The number of fused-ring (bicyclic) bond motifs is 1. The maximum Gasteiger partial charge on any atom is 0.312 e. The lowest BCUT2D eigenvalue weighted by Crippen LogP contribution is -2.22. The molecule has 1 heterocycles. The molecule has 3 aromatic carbocycles. The average Bonchev–Trinajstić information content (AvgIpc) is 2.87. The van der Waals surface area contributed by atoms with Gasteiger partial charge in [0.2, 0.25) is 5.75 Å². The predicted octanol–water partition coefficient (Wildman–Crippen LogP) is 6.63. The number of rotatable bonds is 9. The number of nitro groups is 1. The molecule has 0 aliphatic carbocycles. The molecule has 184 valence electrons. The molecule has 10 heteroatoms. The molecule has 0 aliphatic heterocycles. The molecule has 0 atom stereocenters. The number of ether oxygens (including phenoxy) is 1. The molecule has 8 nitrogen and oxygen atoms in total. The van der Waals surface area contributed by atoms with Gasteiger partial charge >= 0.3 is 5.69 Å². The van der Waals surface area contributed by atoms with Crippen LogP contribution in [0.3, 0.4) is 0 Å². The van der Waals surface area contributed by atoms with Gasteiger partial charge in [-0.3, -0.25) is 14.9 Å². The highest BCUT2D eigenvalue weighted by Crippen LogP contribution is 2.34. The topological polar surface area (TPSA) is 99.6 Å². The first-order chi connectivity index (χ1) is 17.4. The Balaban J connectivity index is 1.81. The second-order valence-electron chi connectivity index (χ2n) is 8.03. The van der Waals surface area contributed by atoms with E-state index >= 15 is 0 Å². The number of aromatic nitrogens is 2. The summed E-state index contributed by atoms with van der Waals surface area (Å²) in [4.78, 5) is 29.3. The van der Waals surface area contributed by atoms with E-state index < -0.39 is 4.92 Å². The third-order valence-corrected chi connectivity index (χ3v) is 6.38. The fraction of sp³-hybridized carbons (Fsp3) is 0.192. The predicted molar refractivity (Wildman–Crippen MR) is 147 cm³/mol. The van der Waals surface area contributed by atoms with Gasteiger partial charge in [-0.2, -0.15) is 9.78 Å². The number of aryl methyl sites for hydroxylation is 1. The van der Waals surface area contributed by atoms with E-state index in [-0.39, 0.29) is 23.6 Å². The summed E-state index contributed by atoms with van der Waals surface area (Å²) in [5, 5.41) is 16.7. The second-order valence-corrected chi connectivity index (χ2v) is 9.86. The highest BCUT2D eigenvalue weighted by atomic mass is 79.9. The zero-order chi connectivity index (χ0) is 25.7. The maximum absolute atomic E-state index is 13.4. The third kappa shape index (κ3) is 5.88. The maximum atomic E-state index is 13.4. The van der Waals surface area contributed by atoms with Crippen LogP contribution in [0, 0.1) is 10.1 Å². The van der Waals surface area contributed by atoms with E-state index in [2.05, 4.69) is 48.9 Å². The zero-order valence-electron chi connectivity index (χ0n) is 19.4. The minimum Gasteiger partial charge on any atom is -0.481 e. The summed E-state index contributed by atoms with van der Waals surface area (Å²) in [5.74, 6) is 0.583. The van der Waals surface area contributed by atoms with Gasteiger partial charge in [-0.15, -0.1) is 0 Å². The Bertz CT molecular complexity index is 1500. The van der Waals surface area contributed by atoms with E-state index in [4.69, 9.17) is 4.74 Å². The lowest BCUT2D eigenvalue weighted by atomic mass is 10.2. The second kappa shape index (κ2) is 11.6. The fourth-order valence-electron chi connectivity index (χ4n) is 3.65. The van der Waals surface area contributed by atoms with Crippen LogP contribution in [0.15, 0.2) is 79.5 Å². The monoisotopic (exact) mass is 612 g/mol. The number of unbranched alkanes of at least 4 members (excludes halogenated alkanes) is 1. The molecule has 0 unspecified atom stereocenters. The molecule has 0 amide bonds. The van der Waals surface area contributed by atoms with Crippen molar-refractivity contribution in [1.29, 1.82) is 0 Å². The number of nitro benzene ring substituents is 1. The molecule has 0 spiro atoms. The summed E-state index contributed by atoms with van der Waals surface area (Å²) in [6.07, 6.45) is 3.72. The molecular weight excluding hydrogens is 592 g/mol. The normalized spacial score (nSPS) is 11.3. The van der Waals surface area contributed by atoms with E-state index in [9.17, 15) is 14.9 Å². The van der Waals surface area contributed by atoms with Crippen LogP contribution in [-0.4, -0.2) is 20.8 Å². The van der Waals surface area contributed by atoms with Crippen LogP contribution >= 0.6 is 31.9 Å². The van der Waals surface area contributed by atoms with Crippen molar-refractivity contribution in [3.63, 3.8) is 0 Å². The van der Waals surface area contributed by atoms with Gasteiger partial charge in [0.25, 0.3) is 5.56 Å². The number of nitrogens with zero attached hydrogens (tertiary/aromatic N) is 4. The van der Waals surface area contributed by atoms with Gasteiger partial charge in [0.1, 0.15) is 12.4 Å². The largest absolute Gasteiger partial charge is 0.481 e. The van der Waals surface area contributed by atoms with E-state index in [0.717, 1.165) is 22.9 Å². The third-order valence-electron chi connectivity index (χ3n) is 5.43. The Labute approximate surface area is 224 Å². The van der Waals surface area contributed by atoms with Gasteiger partial charge in [-0.25, -0.2) is 4.98 Å². The molecule has 4 aromatic rings. The van der Waals surface area contributed by atoms with Crippen molar-refractivity contribution in [2.45, 2.75) is 32.8 Å². The number of benzene rings is 3. The fourth-order valence-corrected chi connectivity index (χ4v) is 4.47. The van der Waals surface area contributed by atoms with Gasteiger partial charge in [0.05, 0.1) is 22.0 Å². The average molecular weight is 614 g/mol. The van der Waals surface area contributed by atoms with Gasteiger partial charge in [-0.05, 0) is 36.2 Å². The van der Waals surface area contributed by atoms with Crippen molar-refractivity contribution in [3.8, 4) is 5.75 Å². The molecule has 0 N–H and O–H groups in total. The summed E-state index contributed by atoms with van der Waals surface area (Å²) in [5.41, 5.74) is 1.28. The molecule has 0 fully saturated rings. The Kier molecular flexibility index (Phi) is 8.27. The van der Waals surface area contributed by atoms with E-state index in [1.165, 1.54) is 17.0 Å². The van der Waals surface area contributed by atoms with Crippen molar-refractivity contribution < 1.29 is 9.66 Å². The molecule has 0 saturated carbocycles. The molecule has 0 aliphatic rings. The standard InChI is InChI=1S/C26H22Br2N4O4/c1-2-3-9-24-30-22-11-10-19(27)13-21(22)26(33)31(24)29-15-18-12-20(28)14-23(32(34)35)25(18)36-16-17-7-5-4-6-8-17/h4-8,10-15H,2-3,9,16H2,1H3. The number of hydrogen-bond acceptors (Lipinski definition) is 6. The Morgan fingerprint density at radius 2 is 1.89 bits per heavy atom. The van der Waals surface area contributed by atoms with Crippen molar-refractivity contribution >= 4 is 54.7 Å². The molecule has 0 saturated heterocycles. The van der Waals surface area contributed by atoms with Crippen LogP contribution < -0.4 is 10.3 Å². The highest BCUT2D eigenvalue weighted by molar-refractivity contribution is 9.10. The summed E-state index contributed by atoms with van der Waals surface area (Å²) in [6.45, 7) is 2.19. The van der Waals surface area contributed by atoms with Crippen molar-refractivity contribution in [2.75, 3.05) is 0 Å². The summed E-state index contributed by atoms with van der Waals surface area (Å²) in [7, 11) is 0. The quantitative estimate of drug-likeness (QED) is 0.120. The number of halogens is 2. The van der Waals surface area contributed by atoms with Crippen LogP contribution in [0.5, 0.6) is 5.75 Å². The van der Waals surface area contributed by atoms with Gasteiger partial charge < -0.3 is 4.74 Å². The van der Waals surface area contributed by atoms with Crippen LogP contribution in [0.4, 0.5) is 5.69 Å². The van der Waals surface area contributed by atoms with E-state index in [1.807, 2.05) is 36.4 Å². The molecular formula is C26H22Br2N4O4. The van der Waals surface area contributed by atoms with E-state index in [1.54, 1.807) is 18.2 Å². The molecule has 4 rings (SSSR count). The van der Waals surface area contributed by atoms with Gasteiger partial charge in [0, 0.05) is 27.0 Å². The van der Waals surface area contributed by atoms with Crippen molar-refractivity contribution in [2.24, 2.45) is 5.10 Å². The van der Waals surface area contributed by atoms with Crippen molar-refractivity contribution in [1.82, 2.24) is 9.66 Å². The van der Waals surface area contributed by atoms with Crippen LogP contribution in [-0.2, 0) is 13.0 Å².